The number of carbonyl (C=O) groups is 2. The van der Waals surface area contributed by atoms with Crippen LogP contribution in [0.15, 0.2) is 89.8 Å². The van der Waals surface area contributed by atoms with E-state index in [9.17, 15) is 36.3 Å². The van der Waals surface area contributed by atoms with Gasteiger partial charge in [-0.2, -0.15) is 13.2 Å². The van der Waals surface area contributed by atoms with Crippen molar-refractivity contribution in [2.24, 2.45) is 0 Å². The lowest BCUT2D eigenvalue weighted by molar-refractivity contribution is -0.137. The molecule has 4 aromatic rings. The Morgan fingerprint density at radius 1 is 0.933 bits per heavy atom. The number of nitrogens with one attached hydrogen (secondary N) is 1. The zero-order valence-corrected chi connectivity index (χ0v) is 25.1. The summed E-state index contributed by atoms with van der Waals surface area (Å²) < 4.78 is 74.4. The van der Waals surface area contributed by atoms with E-state index in [1.165, 1.54) is 48.5 Å². The summed E-state index contributed by atoms with van der Waals surface area (Å²) in [5.41, 5.74) is 2.29. The van der Waals surface area contributed by atoms with E-state index in [0.717, 1.165) is 16.4 Å². The molecule has 2 N–H and O–H groups in total. The molecule has 0 saturated heterocycles. The molecule has 5 rings (SSSR count). The van der Waals surface area contributed by atoms with Gasteiger partial charge in [-0.3, -0.25) is 9.10 Å². The number of halogens is 3. The van der Waals surface area contributed by atoms with Gasteiger partial charge in [0.05, 0.1) is 28.3 Å². The lowest BCUT2D eigenvalue weighted by Crippen LogP contribution is -2.48. The molecule has 234 valence electrons. The van der Waals surface area contributed by atoms with Crippen molar-refractivity contribution in [2.75, 3.05) is 17.5 Å². The number of hydrogen-bond acceptors (Lipinski definition) is 5. The van der Waals surface area contributed by atoms with Crippen LogP contribution in [-0.2, 0) is 27.4 Å². The first-order chi connectivity index (χ1) is 21.3. The molecule has 45 heavy (non-hydrogen) atoms. The largest absolute Gasteiger partial charge is 0.491 e. The Bertz CT molecular complexity index is 1850. The highest BCUT2D eigenvalue weighted by molar-refractivity contribution is 7.93. The van der Waals surface area contributed by atoms with E-state index >= 15 is 0 Å². The van der Waals surface area contributed by atoms with Crippen molar-refractivity contribution in [3.8, 4) is 16.9 Å². The van der Waals surface area contributed by atoms with Gasteiger partial charge in [-0.15, -0.1) is 0 Å². The molecule has 0 saturated carbocycles. The number of fused-ring (bicyclic) bond motifs is 1. The van der Waals surface area contributed by atoms with E-state index in [1.54, 1.807) is 38.1 Å². The first-order valence-corrected chi connectivity index (χ1v) is 15.4. The molecule has 0 spiro atoms. The number of carboxylic acid groups (broad SMARTS) is 1. The van der Waals surface area contributed by atoms with Crippen LogP contribution < -0.4 is 14.4 Å². The summed E-state index contributed by atoms with van der Waals surface area (Å²) in [4.78, 5) is 24.6. The normalized spacial score (nSPS) is 14.6. The number of ether oxygens (including phenoxy) is 1. The average Bonchev–Trinajstić information content (AvgIpc) is 3.40. The number of hydrogen-bond donors (Lipinski definition) is 2. The number of aromatic carboxylic acids is 1. The zero-order chi connectivity index (χ0) is 32.5. The Balaban J connectivity index is 1.33. The predicted octanol–water partition coefficient (Wildman–Crippen LogP) is 6.00. The summed E-state index contributed by atoms with van der Waals surface area (Å²) in [5.74, 6) is -1.09. The van der Waals surface area contributed by atoms with Crippen LogP contribution in [0.4, 0.5) is 18.9 Å². The van der Waals surface area contributed by atoms with Gasteiger partial charge in [0.25, 0.3) is 10.0 Å². The fraction of sp³-hybridized carbons (Fsp3) is 0.212. The molecular weight excluding hydrogens is 609 g/mol. The van der Waals surface area contributed by atoms with Gasteiger partial charge >= 0.3 is 12.1 Å². The third-order valence-electron chi connectivity index (χ3n) is 7.52. The van der Waals surface area contributed by atoms with E-state index in [1.807, 2.05) is 0 Å². The molecule has 0 bridgehead atoms. The van der Waals surface area contributed by atoms with Crippen LogP contribution >= 0.6 is 0 Å². The summed E-state index contributed by atoms with van der Waals surface area (Å²) in [6, 6.07) is 18.9. The van der Waals surface area contributed by atoms with Crippen LogP contribution in [0.5, 0.6) is 5.75 Å². The molecule has 1 aliphatic rings. The lowest BCUT2D eigenvalue weighted by Gasteiger charge is -2.26. The number of carboxylic acids is 1. The molecule has 1 aliphatic heterocycles. The molecule has 0 aromatic heterocycles. The van der Waals surface area contributed by atoms with Crippen molar-refractivity contribution in [2.45, 2.75) is 37.4 Å². The maximum absolute atomic E-state index is 13.9. The SMILES string of the molecule is Cc1cc(C(=O)O)cc(C)c1OCCNC(=O)[C@@H]1Cc2ccccc2N1S(=O)(=O)c1ccc(-c2cccc(C(F)(F)F)c2)cc1. The summed E-state index contributed by atoms with van der Waals surface area (Å²) in [7, 11) is -4.26. The fourth-order valence-electron chi connectivity index (χ4n) is 5.41. The summed E-state index contributed by atoms with van der Waals surface area (Å²) in [6.45, 7) is 3.56. The van der Waals surface area contributed by atoms with Crippen molar-refractivity contribution in [3.05, 3.63) is 113 Å². The number of nitrogens with zero attached hydrogens (tertiary/aromatic N) is 1. The van der Waals surface area contributed by atoms with Crippen molar-refractivity contribution in [3.63, 3.8) is 0 Å². The molecule has 0 unspecified atom stereocenters. The number of aryl methyl sites for hydroxylation is 2. The van der Waals surface area contributed by atoms with Gasteiger partial charge in [0.1, 0.15) is 18.4 Å². The zero-order valence-electron chi connectivity index (χ0n) is 24.3. The second kappa shape index (κ2) is 12.3. The highest BCUT2D eigenvalue weighted by atomic mass is 32.2. The minimum absolute atomic E-state index is 0.0588. The minimum Gasteiger partial charge on any atom is -0.491 e. The summed E-state index contributed by atoms with van der Waals surface area (Å²) in [6.07, 6.45) is -4.38. The van der Waals surface area contributed by atoms with Crippen LogP contribution in [0.2, 0.25) is 0 Å². The monoisotopic (exact) mass is 638 g/mol. The number of alkyl halides is 3. The van der Waals surface area contributed by atoms with Gasteiger partial charge in [-0.1, -0.05) is 42.5 Å². The summed E-state index contributed by atoms with van der Waals surface area (Å²) >= 11 is 0. The van der Waals surface area contributed by atoms with Gasteiger partial charge in [0.15, 0.2) is 0 Å². The number of rotatable bonds is 9. The molecule has 0 radical (unpaired) electrons. The number of amides is 1. The van der Waals surface area contributed by atoms with Gasteiger partial charge in [-0.05, 0) is 84.1 Å². The van der Waals surface area contributed by atoms with Gasteiger partial charge in [-0.25, -0.2) is 13.2 Å². The Kier molecular flexibility index (Phi) is 8.61. The van der Waals surface area contributed by atoms with Gasteiger partial charge < -0.3 is 15.2 Å². The van der Waals surface area contributed by atoms with Crippen LogP contribution in [0.25, 0.3) is 11.1 Å². The lowest BCUT2D eigenvalue weighted by atomic mass is 10.0. The van der Waals surface area contributed by atoms with Gasteiger partial charge in [0.2, 0.25) is 5.91 Å². The smallest absolute Gasteiger partial charge is 0.416 e. The molecule has 1 atom stereocenters. The standard InChI is InChI=1S/C33H29F3N2O6S/c1-20-16-25(32(40)41)17-21(2)30(20)44-15-14-37-31(39)29-19-24-6-3-4-9-28(24)38(29)45(42,43)27-12-10-22(11-13-27)23-7-5-8-26(18-23)33(34,35)36/h3-13,16-18,29H,14-15,19H2,1-2H3,(H,37,39)(H,40,41)/t29-/m0/s1. The molecule has 1 heterocycles. The third-order valence-corrected chi connectivity index (χ3v) is 9.35. The number of anilines is 1. The van der Waals surface area contributed by atoms with E-state index in [0.29, 0.717) is 33.7 Å². The summed E-state index contributed by atoms with van der Waals surface area (Å²) in [5, 5.41) is 12.0. The molecular formula is C33H29F3N2O6S. The number of para-hydroxylation sites is 1. The fourth-order valence-corrected chi connectivity index (χ4v) is 7.06. The molecule has 1 amide bonds. The van der Waals surface area contributed by atoms with Gasteiger partial charge in [0, 0.05) is 6.42 Å². The second-order valence-electron chi connectivity index (χ2n) is 10.6. The second-order valence-corrected chi connectivity index (χ2v) is 12.5. The first kappa shape index (κ1) is 31.6. The van der Waals surface area contributed by atoms with Crippen LogP contribution in [0.3, 0.4) is 0 Å². The van der Waals surface area contributed by atoms with Crippen LogP contribution in [0.1, 0.15) is 32.6 Å². The number of sulfonamides is 1. The Labute approximate surface area is 258 Å². The van der Waals surface area contributed by atoms with E-state index in [4.69, 9.17) is 4.74 Å². The average molecular weight is 639 g/mol. The van der Waals surface area contributed by atoms with Crippen molar-refractivity contribution in [1.82, 2.24) is 5.32 Å². The number of carbonyl (C=O) groups excluding carboxylic acids is 1. The van der Waals surface area contributed by atoms with E-state index < -0.39 is 39.7 Å². The quantitative estimate of drug-likeness (QED) is 0.218. The highest BCUT2D eigenvalue weighted by Gasteiger charge is 2.42. The van der Waals surface area contributed by atoms with Crippen molar-refractivity contribution < 1.29 is 41.0 Å². The Morgan fingerprint density at radius 3 is 2.24 bits per heavy atom. The topological polar surface area (TPSA) is 113 Å². The number of benzene rings is 4. The van der Waals surface area contributed by atoms with Crippen LogP contribution in [-0.4, -0.2) is 44.6 Å². The highest BCUT2D eigenvalue weighted by Crippen LogP contribution is 2.38. The molecule has 0 fully saturated rings. The predicted molar refractivity (Wildman–Crippen MR) is 162 cm³/mol. The van der Waals surface area contributed by atoms with Crippen molar-refractivity contribution >= 4 is 27.6 Å². The Hall–Kier alpha value is -4.84. The molecule has 4 aromatic carbocycles. The molecule has 0 aliphatic carbocycles. The van der Waals surface area contributed by atoms with Crippen LogP contribution in [0, 0.1) is 13.8 Å². The third kappa shape index (κ3) is 6.51. The Morgan fingerprint density at radius 2 is 1.60 bits per heavy atom. The maximum atomic E-state index is 13.9. The van der Waals surface area contributed by atoms with Crippen molar-refractivity contribution in [1.29, 1.82) is 0 Å². The van der Waals surface area contributed by atoms with E-state index in [-0.39, 0.29) is 35.6 Å². The minimum atomic E-state index is -4.52. The molecule has 8 nitrogen and oxygen atoms in total. The molecule has 12 heteroatoms. The van der Waals surface area contributed by atoms with E-state index in [2.05, 4.69) is 5.32 Å². The maximum Gasteiger partial charge on any atom is 0.416 e. The first-order valence-electron chi connectivity index (χ1n) is 13.9.